The molecule has 0 heterocycles. The Morgan fingerprint density at radius 1 is 1.11 bits per heavy atom. The first-order chi connectivity index (χ1) is 12.9. The van der Waals surface area contributed by atoms with Crippen LogP contribution < -0.4 is 10.1 Å². The van der Waals surface area contributed by atoms with Crippen LogP contribution in [-0.2, 0) is 9.53 Å². The van der Waals surface area contributed by atoms with E-state index in [1.165, 1.54) is 7.11 Å². The van der Waals surface area contributed by atoms with Crippen LogP contribution in [0.2, 0.25) is 0 Å². The molecule has 0 aliphatic carbocycles. The number of amides is 1. The van der Waals surface area contributed by atoms with E-state index in [4.69, 9.17) is 14.7 Å². The fourth-order valence-corrected chi connectivity index (χ4v) is 2.50. The van der Waals surface area contributed by atoms with Crippen molar-refractivity contribution < 1.29 is 19.1 Å². The summed E-state index contributed by atoms with van der Waals surface area (Å²) >= 11 is 0. The van der Waals surface area contributed by atoms with Crippen molar-refractivity contribution in [2.75, 3.05) is 7.11 Å². The van der Waals surface area contributed by atoms with Gasteiger partial charge in [0.05, 0.1) is 18.7 Å². The van der Waals surface area contributed by atoms with E-state index in [1.807, 2.05) is 19.9 Å². The number of hydrogen-bond donors (Lipinski definition) is 1. The summed E-state index contributed by atoms with van der Waals surface area (Å²) in [6.07, 6.45) is 0.486. The van der Waals surface area contributed by atoms with Crippen molar-refractivity contribution in [2.24, 2.45) is 5.92 Å². The number of methoxy groups -OCH3 is 1. The third kappa shape index (κ3) is 5.86. The van der Waals surface area contributed by atoms with Crippen LogP contribution in [-0.4, -0.2) is 25.0 Å². The molecule has 27 heavy (non-hydrogen) atoms. The lowest BCUT2D eigenvalue weighted by atomic mass is 10.0. The fourth-order valence-electron chi connectivity index (χ4n) is 2.50. The average Bonchev–Trinajstić information content (AvgIpc) is 2.67. The summed E-state index contributed by atoms with van der Waals surface area (Å²) in [6.45, 7) is 3.93. The molecular weight excluding hydrogens is 344 g/mol. The van der Waals surface area contributed by atoms with Gasteiger partial charge in [0.15, 0.2) is 0 Å². The lowest BCUT2D eigenvalue weighted by Gasteiger charge is -2.18. The Balaban J connectivity index is 2.11. The van der Waals surface area contributed by atoms with Crippen LogP contribution in [0.3, 0.4) is 0 Å². The molecule has 2 aromatic rings. The van der Waals surface area contributed by atoms with E-state index < -0.39 is 12.0 Å². The highest BCUT2D eigenvalue weighted by Crippen LogP contribution is 2.22. The van der Waals surface area contributed by atoms with Crippen molar-refractivity contribution in [1.82, 2.24) is 5.32 Å². The van der Waals surface area contributed by atoms with Crippen LogP contribution >= 0.6 is 0 Å². The topological polar surface area (TPSA) is 88.4 Å². The number of esters is 1. The SMILES string of the molecule is COC(=O)C(CC(C)C)NC(=O)c1cccc(Oc2ccc(C#N)cc2)c1. The summed E-state index contributed by atoms with van der Waals surface area (Å²) in [7, 11) is 1.30. The molecule has 140 valence electrons. The lowest BCUT2D eigenvalue weighted by molar-refractivity contribution is -0.143. The normalized spacial score (nSPS) is 11.4. The van der Waals surface area contributed by atoms with Gasteiger partial charge in [0.1, 0.15) is 17.5 Å². The third-order valence-electron chi connectivity index (χ3n) is 3.81. The number of benzene rings is 2. The van der Waals surface area contributed by atoms with Gasteiger partial charge >= 0.3 is 5.97 Å². The highest BCUT2D eigenvalue weighted by atomic mass is 16.5. The number of nitriles is 1. The summed E-state index contributed by atoms with van der Waals surface area (Å²) in [6, 6.07) is 14.7. The molecule has 0 aliphatic heterocycles. The van der Waals surface area contributed by atoms with Gasteiger partial charge in [-0.15, -0.1) is 0 Å². The summed E-state index contributed by atoms with van der Waals surface area (Å²) < 4.78 is 10.5. The summed E-state index contributed by atoms with van der Waals surface area (Å²) in [5.41, 5.74) is 0.910. The summed E-state index contributed by atoms with van der Waals surface area (Å²) in [5, 5.41) is 11.5. The maximum absolute atomic E-state index is 12.5. The first-order valence-corrected chi connectivity index (χ1v) is 8.59. The van der Waals surface area contributed by atoms with Gasteiger partial charge in [-0.2, -0.15) is 5.26 Å². The molecule has 0 aromatic heterocycles. The van der Waals surface area contributed by atoms with E-state index in [9.17, 15) is 9.59 Å². The number of carbonyl (C=O) groups excluding carboxylic acids is 2. The zero-order chi connectivity index (χ0) is 19.8. The predicted molar refractivity (Wildman–Crippen MR) is 100 cm³/mol. The van der Waals surface area contributed by atoms with Gasteiger partial charge in [-0.1, -0.05) is 19.9 Å². The fraction of sp³-hybridized carbons (Fsp3) is 0.286. The highest BCUT2D eigenvalue weighted by Gasteiger charge is 2.23. The van der Waals surface area contributed by atoms with Gasteiger partial charge in [0.2, 0.25) is 0 Å². The molecule has 0 radical (unpaired) electrons. The van der Waals surface area contributed by atoms with Crippen LogP contribution in [0.5, 0.6) is 11.5 Å². The molecule has 2 aromatic carbocycles. The van der Waals surface area contributed by atoms with Crippen molar-refractivity contribution in [3.63, 3.8) is 0 Å². The second kappa shape index (κ2) is 9.39. The average molecular weight is 366 g/mol. The van der Waals surface area contributed by atoms with Crippen LogP contribution in [0.25, 0.3) is 0 Å². The van der Waals surface area contributed by atoms with E-state index in [0.29, 0.717) is 29.0 Å². The number of nitrogens with zero attached hydrogens (tertiary/aromatic N) is 1. The monoisotopic (exact) mass is 366 g/mol. The first-order valence-electron chi connectivity index (χ1n) is 8.59. The Morgan fingerprint density at radius 2 is 1.81 bits per heavy atom. The molecule has 1 N–H and O–H groups in total. The van der Waals surface area contributed by atoms with Gasteiger partial charge in [0.25, 0.3) is 5.91 Å². The Labute approximate surface area is 158 Å². The smallest absolute Gasteiger partial charge is 0.328 e. The van der Waals surface area contributed by atoms with Crippen molar-refractivity contribution in [3.8, 4) is 17.6 Å². The van der Waals surface area contributed by atoms with Crippen LogP contribution in [0, 0.1) is 17.2 Å². The molecule has 0 fully saturated rings. The molecule has 6 heteroatoms. The van der Waals surface area contributed by atoms with Gasteiger partial charge in [-0.25, -0.2) is 4.79 Å². The second-order valence-electron chi connectivity index (χ2n) is 6.44. The van der Waals surface area contributed by atoms with Crippen LogP contribution in [0.15, 0.2) is 48.5 Å². The molecule has 2 rings (SSSR count). The Bertz CT molecular complexity index is 838. The van der Waals surface area contributed by atoms with E-state index in [2.05, 4.69) is 5.32 Å². The van der Waals surface area contributed by atoms with Gasteiger partial charge in [-0.3, -0.25) is 4.79 Å². The maximum atomic E-state index is 12.5. The lowest BCUT2D eigenvalue weighted by Crippen LogP contribution is -2.42. The Morgan fingerprint density at radius 3 is 2.41 bits per heavy atom. The Hall–Kier alpha value is -3.33. The molecule has 1 amide bonds. The quantitative estimate of drug-likeness (QED) is 0.755. The van der Waals surface area contributed by atoms with Crippen molar-refractivity contribution in [1.29, 1.82) is 5.26 Å². The minimum atomic E-state index is -0.703. The molecule has 0 bridgehead atoms. The van der Waals surface area contributed by atoms with Crippen LogP contribution in [0.1, 0.15) is 36.2 Å². The molecule has 0 saturated carbocycles. The summed E-state index contributed by atoms with van der Waals surface area (Å²) in [4.78, 5) is 24.4. The van der Waals surface area contributed by atoms with Gasteiger partial charge < -0.3 is 14.8 Å². The molecular formula is C21H22N2O4. The highest BCUT2D eigenvalue weighted by molar-refractivity contribution is 5.97. The van der Waals surface area contributed by atoms with E-state index >= 15 is 0 Å². The largest absolute Gasteiger partial charge is 0.467 e. The van der Waals surface area contributed by atoms with Crippen molar-refractivity contribution in [3.05, 3.63) is 59.7 Å². The third-order valence-corrected chi connectivity index (χ3v) is 3.81. The number of carbonyl (C=O) groups is 2. The zero-order valence-corrected chi connectivity index (χ0v) is 15.6. The van der Waals surface area contributed by atoms with Crippen molar-refractivity contribution in [2.45, 2.75) is 26.3 Å². The number of nitrogens with one attached hydrogen (secondary N) is 1. The van der Waals surface area contributed by atoms with Crippen molar-refractivity contribution >= 4 is 11.9 Å². The number of hydrogen-bond acceptors (Lipinski definition) is 5. The molecule has 0 saturated heterocycles. The Kier molecular flexibility index (Phi) is 6.95. The maximum Gasteiger partial charge on any atom is 0.328 e. The van der Waals surface area contributed by atoms with E-state index in [-0.39, 0.29) is 11.8 Å². The zero-order valence-electron chi connectivity index (χ0n) is 15.6. The molecule has 1 atom stereocenters. The van der Waals surface area contributed by atoms with Gasteiger partial charge in [0, 0.05) is 5.56 Å². The second-order valence-corrected chi connectivity index (χ2v) is 6.44. The molecule has 0 spiro atoms. The van der Waals surface area contributed by atoms with E-state index in [1.54, 1.807) is 48.5 Å². The standard InChI is InChI=1S/C21H22N2O4/c1-14(2)11-19(21(25)26-3)23-20(24)16-5-4-6-18(12-16)27-17-9-7-15(13-22)8-10-17/h4-10,12,14,19H,11H2,1-3H3,(H,23,24). The van der Waals surface area contributed by atoms with Gasteiger partial charge in [-0.05, 0) is 54.8 Å². The molecule has 6 nitrogen and oxygen atoms in total. The number of ether oxygens (including phenoxy) is 2. The molecule has 1 unspecified atom stereocenters. The first kappa shape index (κ1) is 20.0. The summed E-state index contributed by atoms with van der Waals surface area (Å²) in [5.74, 6) is 0.406. The van der Waals surface area contributed by atoms with Crippen LogP contribution in [0.4, 0.5) is 0 Å². The predicted octanol–water partition coefficient (Wildman–Crippen LogP) is 3.67. The van der Waals surface area contributed by atoms with E-state index in [0.717, 1.165) is 0 Å². The minimum absolute atomic E-state index is 0.223. The minimum Gasteiger partial charge on any atom is -0.467 e. The molecule has 0 aliphatic rings. The number of rotatable bonds is 7.